The van der Waals surface area contributed by atoms with Crippen LogP contribution in [0.4, 0.5) is 19.3 Å². The van der Waals surface area contributed by atoms with Crippen molar-refractivity contribution in [2.45, 2.75) is 65.0 Å². The smallest absolute Gasteiger partial charge is 0.411 e. The Labute approximate surface area is 217 Å². The summed E-state index contributed by atoms with van der Waals surface area (Å²) in [6.45, 7) is 11.2. The molecule has 2 amide bonds. The molecule has 0 bridgehead atoms. The highest BCUT2D eigenvalue weighted by Gasteiger charge is 2.39. The molecule has 1 N–H and O–H groups in total. The van der Waals surface area contributed by atoms with E-state index in [1.54, 1.807) is 53.9 Å². The number of nitrogens with zero attached hydrogens (tertiary/aromatic N) is 1. The minimum Gasteiger partial charge on any atom is -0.497 e. The molecule has 1 aliphatic heterocycles. The van der Waals surface area contributed by atoms with Crippen molar-refractivity contribution in [1.29, 1.82) is 0 Å². The van der Waals surface area contributed by atoms with E-state index in [0.29, 0.717) is 24.3 Å². The van der Waals surface area contributed by atoms with E-state index in [2.05, 4.69) is 5.32 Å². The highest BCUT2D eigenvalue weighted by molar-refractivity contribution is 5.98. The first-order valence-corrected chi connectivity index (χ1v) is 12.3. The van der Waals surface area contributed by atoms with E-state index in [0.717, 1.165) is 17.7 Å². The average molecular weight is 519 g/mol. The molecule has 0 aliphatic carbocycles. The maximum atomic E-state index is 15.1. The van der Waals surface area contributed by atoms with Gasteiger partial charge in [-0.1, -0.05) is 19.9 Å². The van der Waals surface area contributed by atoms with Crippen molar-refractivity contribution < 1.29 is 32.6 Å². The lowest BCUT2D eigenvalue weighted by atomic mass is 9.84. The van der Waals surface area contributed by atoms with E-state index < -0.39 is 40.7 Å². The van der Waals surface area contributed by atoms with Crippen molar-refractivity contribution in [2.75, 3.05) is 32.2 Å². The van der Waals surface area contributed by atoms with Crippen LogP contribution in [0, 0.1) is 11.6 Å². The highest BCUT2D eigenvalue weighted by Crippen LogP contribution is 2.35. The Morgan fingerprint density at radius 3 is 2.30 bits per heavy atom. The minimum absolute atomic E-state index is 0.0549. The van der Waals surface area contributed by atoms with Crippen molar-refractivity contribution in [2.24, 2.45) is 0 Å². The van der Waals surface area contributed by atoms with Gasteiger partial charge in [-0.25, -0.2) is 13.6 Å². The number of halogens is 2. The van der Waals surface area contributed by atoms with Crippen molar-refractivity contribution in [3.05, 3.63) is 58.7 Å². The van der Waals surface area contributed by atoms with Crippen LogP contribution in [0.25, 0.3) is 0 Å². The number of fused-ring (bicyclic) bond motifs is 1. The number of hydrogen-bond donors (Lipinski definition) is 1. The van der Waals surface area contributed by atoms with E-state index in [1.807, 2.05) is 13.0 Å². The summed E-state index contributed by atoms with van der Waals surface area (Å²) in [6, 6.07) is 6.34. The van der Waals surface area contributed by atoms with E-state index in [4.69, 9.17) is 14.2 Å². The first-order valence-electron chi connectivity index (χ1n) is 12.3. The maximum absolute atomic E-state index is 15.1. The third-order valence-electron chi connectivity index (χ3n) is 6.11. The number of anilines is 1. The number of carbonyl (C=O) groups excluding carboxylic acids is 2. The molecule has 0 fully saturated rings. The summed E-state index contributed by atoms with van der Waals surface area (Å²) in [5, 5.41) is 2.60. The molecule has 0 saturated heterocycles. The first-order chi connectivity index (χ1) is 17.3. The van der Waals surface area contributed by atoms with Crippen LogP contribution in [0.2, 0.25) is 0 Å². The molecule has 2 aromatic rings. The van der Waals surface area contributed by atoms with Gasteiger partial charge in [0.25, 0.3) is 5.91 Å². The second-order valence-electron chi connectivity index (χ2n) is 10.7. The molecule has 37 heavy (non-hydrogen) atoms. The minimum atomic E-state index is -1.07. The van der Waals surface area contributed by atoms with Crippen LogP contribution in [-0.4, -0.2) is 49.4 Å². The van der Waals surface area contributed by atoms with Crippen LogP contribution in [0.1, 0.15) is 64.3 Å². The SMILES string of the molecule is CCOCC(C)(C)c1c(F)cc(NC(=O)C2c3ccc(OC)cc3CCN2C(=O)OC(C)(C)C)cc1F. The van der Waals surface area contributed by atoms with Gasteiger partial charge in [-0.15, -0.1) is 0 Å². The topological polar surface area (TPSA) is 77.1 Å². The van der Waals surface area contributed by atoms with Gasteiger partial charge in [-0.2, -0.15) is 0 Å². The molecule has 1 aliphatic rings. The number of rotatable bonds is 7. The van der Waals surface area contributed by atoms with Gasteiger partial charge in [-0.3, -0.25) is 9.69 Å². The van der Waals surface area contributed by atoms with Gasteiger partial charge in [0.05, 0.1) is 13.7 Å². The van der Waals surface area contributed by atoms with Gasteiger partial charge in [0, 0.05) is 29.8 Å². The molecule has 0 spiro atoms. The lowest BCUT2D eigenvalue weighted by Gasteiger charge is -2.37. The van der Waals surface area contributed by atoms with Gasteiger partial charge in [0.2, 0.25) is 0 Å². The summed E-state index contributed by atoms with van der Waals surface area (Å²) in [5.74, 6) is -1.58. The van der Waals surface area contributed by atoms with Crippen LogP contribution >= 0.6 is 0 Å². The molecule has 7 nitrogen and oxygen atoms in total. The third kappa shape index (κ3) is 6.57. The fraction of sp³-hybridized carbons (Fsp3) is 0.500. The largest absolute Gasteiger partial charge is 0.497 e. The summed E-state index contributed by atoms with van der Waals surface area (Å²) >= 11 is 0. The monoisotopic (exact) mass is 518 g/mol. The van der Waals surface area contributed by atoms with Gasteiger partial charge >= 0.3 is 6.09 Å². The maximum Gasteiger partial charge on any atom is 0.411 e. The first kappa shape index (κ1) is 28.4. The van der Waals surface area contributed by atoms with Gasteiger partial charge in [0.15, 0.2) is 0 Å². The van der Waals surface area contributed by atoms with Crippen molar-refractivity contribution in [3.8, 4) is 5.75 Å². The molecule has 1 heterocycles. The molecule has 2 aromatic carbocycles. The number of amides is 2. The molecule has 0 aromatic heterocycles. The fourth-order valence-corrected chi connectivity index (χ4v) is 4.46. The quantitative estimate of drug-likeness (QED) is 0.504. The summed E-state index contributed by atoms with van der Waals surface area (Å²) in [5.41, 5.74) is -0.434. The Bertz CT molecular complexity index is 1140. The second-order valence-corrected chi connectivity index (χ2v) is 10.7. The molecular weight excluding hydrogens is 482 g/mol. The highest BCUT2D eigenvalue weighted by atomic mass is 19.1. The summed E-state index contributed by atoms with van der Waals surface area (Å²) in [7, 11) is 1.55. The Hall–Kier alpha value is -3.20. The summed E-state index contributed by atoms with van der Waals surface area (Å²) in [4.78, 5) is 27.9. The Kier molecular flexibility index (Phi) is 8.47. The zero-order valence-corrected chi connectivity index (χ0v) is 22.5. The Balaban J connectivity index is 1.96. The number of methoxy groups -OCH3 is 1. The standard InChI is InChI=1S/C28H36F2N2O5/c1-8-36-16-28(5,6)23-21(29)14-18(15-22(23)30)31-25(33)24-20-10-9-19(35-7)13-17(20)11-12-32(24)26(34)37-27(2,3)4/h9-10,13-15,24H,8,11-12,16H2,1-7H3,(H,31,33). The normalized spacial score (nSPS) is 15.7. The van der Waals surface area contributed by atoms with E-state index in [1.165, 1.54) is 4.90 Å². The fourth-order valence-electron chi connectivity index (χ4n) is 4.46. The number of ether oxygens (including phenoxy) is 3. The Morgan fingerprint density at radius 1 is 1.08 bits per heavy atom. The zero-order valence-electron chi connectivity index (χ0n) is 22.5. The van der Waals surface area contributed by atoms with E-state index in [-0.39, 0.29) is 24.4 Å². The van der Waals surface area contributed by atoms with Crippen LogP contribution < -0.4 is 10.1 Å². The van der Waals surface area contributed by atoms with Crippen molar-refractivity contribution in [1.82, 2.24) is 4.90 Å². The molecule has 9 heteroatoms. The van der Waals surface area contributed by atoms with Crippen LogP contribution in [0.15, 0.2) is 30.3 Å². The molecular formula is C28H36F2N2O5. The second kappa shape index (κ2) is 11.0. The number of benzene rings is 2. The molecule has 1 unspecified atom stereocenters. The lowest BCUT2D eigenvalue weighted by Crippen LogP contribution is -2.47. The van der Waals surface area contributed by atoms with Crippen molar-refractivity contribution in [3.63, 3.8) is 0 Å². The van der Waals surface area contributed by atoms with Crippen LogP contribution in [0.5, 0.6) is 5.75 Å². The predicted molar refractivity (Wildman–Crippen MR) is 137 cm³/mol. The summed E-state index contributed by atoms with van der Waals surface area (Å²) < 4.78 is 46.4. The summed E-state index contributed by atoms with van der Waals surface area (Å²) in [6.07, 6.45) is -0.165. The Morgan fingerprint density at radius 2 is 1.73 bits per heavy atom. The van der Waals surface area contributed by atoms with Crippen LogP contribution in [0.3, 0.4) is 0 Å². The molecule has 0 radical (unpaired) electrons. The van der Waals surface area contributed by atoms with Gasteiger partial charge < -0.3 is 19.5 Å². The van der Waals surface area contributed by atoms with Gasteiger partial charge in [-0.05, 0) is 69.5 Å². The number of carbonyl (C=O) groups is 2. The van der Waals surface area contributed by atoms with E-state index >= 15 is 8.78 Å². The van der Waals surface area contributed by atoms with Crippen molar-refractivity contribution >= 4 is 17.7 Å². The molecule has 3 rings (SSSR count). The zero-order chi connectivity index (χ0) is 27.5. The lowest BCUT2D eigenvalue weighted by molar-refractivity contribution is -0.122. The molecule has 1 atom stereocenters. The van der Waals surface area contributed by atoms with E-state index in [9.17, 15) is 9.59 Å². The predicted octanol–water partition coefficient (Wildman–Crippen LogP) is 5.76. The molecule has 0 saturated carbocycles. The van der Waals surface area contributed by atoms with Gasteiger partial charge in [0.1, 0.15) is 29.0 Å². The molecule has 202 valence electrons. The number of hydrogen-bond acceptors (Lipinski definition) is 5. The average Bonchev–Trinajstić information content (AvgIpc) is 2.79. The van der Waals surface area contributed by atoms with Crippen LogP contribution in [-0.2, 0) is 26.1 Å². The third-order valence-corrected chi connectivity index (χ3v) is 6.11. The number of nitrogens with one attached hydrogen (secondary N) is 1.